The number of aryl methyl sites for hydroxylation is 2. The number of hydrogen-bond donors (Lipinski definition) is 1. The van der Waals surface area contributed by atoms with E-state index in [9.17, 15) is 0 Å². The summed E-state index contributed by atoms with van der Waals surface area (Å²) in [6.07, 6.45) is 0.872. The van der Waals surface area contributed by atoms with Crippen molar-refractivity contribution < 1.29 is 4.74 Å². The predicted molar refractivity (Wildman–Crippen MR) is 84.8 cm³/mol. The summed E-state index contributed by atoms with van der Waals surface area (Å²) >= 11 is 6.14. The van der Waals surface area contributed by atoms with E-state index in [1.807, 2.05) is 44.2 Å². The summed E-state index contributed by atoms with van der Waals surface area (Å²) in [6.45, 7) is 6.10. The van der Waals surface area contributed by atoms with Gasteiger partial charge < -0.3 is 10.5 Å². The maximum absolute atomic E-state index is 6.14. The summed E-state index contributed by atoms with van der Waals surface area (Å²) in [5.74, 6) is 1.48. The van der Waals surface area contributed by atoms with Crippen molar-refractivity contribution in [3.63, 3.8) is 0 Å². The van der Waals surface area contributed by atoms with Crippen molar-refractivity contribution in [1.82, 2.24) is 0 Å². The van der Waals surface area contributed by atoms with Gasteiger partial charge in [-0.3, -0.25) is 0 Å². The second-order valence-electron chi connectivity index (χ2n) is 5.31. The van der Waals surface area contributed by atoms with Crippen LogP contribution in [0.1, 0.15) is 23.6 Å². The Morgan fingerprint density at radius 3 is 2.55 bits per heavy atom. The Hall–Kier alpha value is -1.51. The molecule has 0 aromatic heterocycles. The zero-order valence-corrected chi connectivity index (χ0v) is 12.9. The molecule has 2 aromatic rings. The van der Waals surface area contributed by atoms with Crippen molar-refractivity contribution in [2.45, 2.75) is 33.2 Å². The topological polar surface area (TPSA) is 35.2 Å². The number of nitrogens with two attached hydrogens (primary N) is 1. The van der Waals surface area contributed by atoms with Crippen LogP contribution in [0.5, 0.6) is 11.5 Å². The molecular weight excluding hydrogens is 270 g/mol. The van der Waals surface area contributed by atoms with E-state index in [2.05, 4.69) is 13.0 Å². The van der Waals surface area contributed by atoms with Crippen molar-refractivity contribution >= 4 is 11.6 Å². The highest BCUT2D eigenvalue weighted by molar-refractivity contribution is 6.32. The van der Waals surface area contributed by atoms with Crippen LogP contribution in [0.25, 0.3) is 0 Å². The average molecular weight is 290 g/mol. The van der Waals surface area contributed by atoms with Crippen LogP contribution in [0.3, 0.4) is 0 Å². The lowest BCUT2D eigenvalue weighted by molar-refractivity contribution is 0.481. The highest BCUT2D eigenvalue weighted by Gasteiger charge is 2.07. The minimum absolute atomic E-state index is 0.159. The summed E-state index contributed by atoms with van der Waals surface area (Å²) in [5, 5.41) is 0.618. The first-order valence-corrected chi connectivity index (χ1v) is 7.12. The fourth-order valence-electron chi connectivity index (χ4n) is 2.12. The third kappa shape index (κ3) is 3.75. The van der Waals surface area contributed by atoms with Gasteiger partial charge in [-0.2, -0.15) is 0 Å². The first-order valence-electron chi connectivity index (χ1n) is 6.75. The van der Waals surface area contributed by atoms with Gasteiger partial charge in [0.15, 0.2) is 0 Å². The first-order chi connectivity index (χ1) is 9.45. The second-order valence-corrected chi connectivity index (χ2v) is 5.71. The molecule has 1 unspecified atom stereocenters. The van der Waals surface area contributed by atoms with E-state index in [0.717, 1.165) is 17.7 Å². The normalized spacial score (nSPS) is 12.2. The van der Waals surface area contributed by atoms with Gasteiger partial charge in [-0.15, -0.1) is 0 Å². The van der Waals surface area contributed by atoms with Crippen molar-refractivity contribution in [1.29, 1.82) is 0 Å². The second kappa shape index (κ2) is 6.29. The van der Waals surface area contributed by atoms with E-state index in [4.69, 9.17) is 22.1 Å². The number of ether oxygens (including phenoxy) is 1. The van der Waals surface area contributed by atoms with E-state index < -0.39 is 0 Å². The molecular formula is C17H20ClNO. The SMILES string of the molecule is Cc1ccc(Cl)c(Oc2ccc(CC(C)N)c(C)c2)c1. The molecule has 0 aliphatic carbocycles. The summed E-state index contributed by atoms with van der Waals surface area (Å²) in [5.41, 5.74) is 9.40. The fourth-order valence-corrected chi connectivity index (χ4v) is 2.28. The molecule has 2 aromatic carbocycles. The van der Waals surface area contributed by atoms with E-state index in [0.29, 0.717) is 10.8 Å². The summed E-state index contributed by atoms with van der Waals surface area (Å²) in [7, 11) is 0. The molecule has 0 bridgehead atoms. The van der Waals surface area contributed by atoms with Gasteiger partial charge in [-0.1, -0.05) is 23.7 Å². The number of halogens is 1. The number of rotatable bonds is 4. The van der Waals surface area contributed by atoms with Crippen molar-refractivity contribution in [2.75, 3.05) is 0 Å². The smallest absolute Gasteiger partial charge is 0.146 e. The lowest BCUT2D eigenvalue weighted by Crippen LogP contribution is -2.18. The Bertz CT molecular complexity index is 608. The minimum Gasteiger partial charge on any atom is -0.456 e. The Labute approximate surface area is 125 Å². The molecule has 0 aliphatic rings. The van der Waals surface area contributed by atoms with E-state index >= 15 is 0 Å². The zero-order valence-electron chi connectivity index (χ0n) is 12.1. The van der Waals surface area contributed by atoms with Gasteiger partial charge in [0.25, 0.3) is 0 Å². The number of hydrogen-bond acceptors (Lipinski definition) is 2. The fraction of sp³-hybridized carbons (Fsp3) is 0.294. The van der Waals surface area contributed by atoms with Gasteiger partial charge in [0.1, 0.15) is 11.5 Å². The molecule has 3 heteroatoms. The third-order valence-electron chi connectivity index (χ3n) is 3.17. The zero-order chi connectivity index (χ0) is 14.7. The summed E-state index contributed by atoms with van der Waals surface area (Å²) in [4.78, 5) is 0. The van der Waals surface area contributed by atoms with Gasteiger partial charge >= 0.3 is 0 Å². The van der Waals surface area contributed by atoms with Gasteiger partial charge in [-0.25, -0.2) is 0 Å². The van der Waals surface area contributed by atoms with Crippen molar-refractivity contribution in [3.05, 3.63) is 58.1 Å². The average Bonchev–Trinajstić information content (AvgIpc) is 2.37. The Morgan fingerprint density at radius 1 is 1.15 bits per heavy atom. The molecule has 0 radical (unpaired) electrons. The van der Waals surface area contributed by atoms with Gasteiger partial charge in [0, 0.05) is 6.04 Å². The molecule has 2 rings (SSSR count). The Kier molecular flexibility index (Phi) is 4.69. The van der Waals surface area contributed by atoms with Gasteiger partial charge in [0.05, 0.1) is 5.02 Å². The lowest BCUT2D eigenvalue weighted by Gasteiger charge is -2.12. The summed E-state index contributed by atoms with van der Waals surface area (Å²) in [6, 6.07) is 12.0. The lowest BCUT2D eigenvalue weighted by atomic mass is 10.0. The molecule has 0 fully saturated rings. The van der Waals surface area contributed by atoms with Crippen LogP contribution in [0.2, 0.25) is 5.02 Å². The molecule has 20 heavy (non-hydrogen) atoms. The summed E-state index contributed by atoms with van der Waals surface area (Å²) < 4.78 is 5.87. The van der Waals surface area contributed by atoms with Crippen LogP contribution in [0, 0.1) is 13.8 Å². The maximum atomic E-state index is 6.14. The van der Waals surface area contributed by atoms with Crippen LogP contribution in [0.4, 0.5) is 0 Å². The highest BCUT2D eigenvalue weighted by atomic mass is 35.5. The van der Waals surface area contributed by atoms with Crippen molar-refractivity contribution in [3.8, 4) is 11.5 Å². The molecule has 0 amide bonds. The molecule has 0 saturated carbocycles. The first kappa shape index (κ1) is 14.9. The van der Waals surface area contributed by atoms with Crippen LogP contribution in [-0.4, -0.2) is 6.04 Å². The standard InChI is InChI=1S/C17H20ClNO/c1-11-4-7-16(18)17(8-11)20-15-6-5-14(10-13(3)19)12(2)9-15/h4-9,13H,10,19H2,1-3H3. The molecule has 2 N–H and O–H groups in total. The van der Waals surface area contributed by atoms with Gasteiger partial charge in [0.2, 0.25) is 0 Å². The third-order valence-corrected chi connectivity index (χ3v) is 3.48. The van der Waals surface area contributed by atoms with E-state index in [1.165, 1.54) is 11.1 Å². The van der Waals surface area contributed by atoms with E-state index in [-0.39, 0.29) is 6.04 Å². The molecule has 0 spiro atoms. The van der Waals surface area contributed by atoms with Crippen LogP contribution < -0.4 is 10.5 Å². The van der Waals surface area contributed by atoms with Crippen LogP contribution in [0.15, 0.2) is 36.4 Å². The van der Waals surface area contributed by atoms with Crippen LogP contribution >= 0.6 is 11.6 Å². The maximum Gasteiger partial charge on any atom is 0.146 e. The molecule has 106 valence electrons. The highest BCUT2D eigenvalue weighted by Crippen LogP contribution is 2.31. The molecule has 2 nitrogen and oxygen atoms in total. The Balaban J connectivity index is 2.22. The predicted octanol–water partition coefficient (Wildman–Crippen LogP) is 4.64. The van der Waals surface area contributed by atoms with E-state index in [1.54, 1.807) is 0 Å². The van der Waals surface area contributed by atoms with Crippen LogP contribution in [-0.2, 0) is 6.42 Å². The molecule has 0 aliphatic heterocycles. The monoisotopic (exact) mass is 289 g/mol. The number of benzene rings is 2. The van der Waals surface area contributed by atoms with Gasteiger partial charge in [-0.05, 0) is 68.1 Å². The van der Waals surface area contributed by atoms with Crippen molar-refractivity contribution in [2.24, 2.45) is 5.73 Å². The Morgan fingerprint density at radius 2 is 1.90 bits per heavy atom. The molecule has 0 heterocycles. The quantitative estimate of drug-likeness (QED) is 0.890. The minimum atomic E-state index is 0.159. The molecule has 1 atom stereocenters. The largest absolute Gasteiger partial charge is 0.456 e. The molecule has 0 saturated heterocycles.